The van der Waals surface area contributed by atoms with Crippen molar-refractivity contribution in [2.75, 3.05) is 19.6 Å². The van der Waals surface area contributed by atoms with Gasteiger partial charge in [-0.05, 0) is 26.2 Å². The van der Waals surface area contributed by atoms with Crippen molar-refractivity contribution in [3.8, 4) is 0 Å². The molecular weight excluding hydrogens is 190 g/mol. The van der Waals surface area contributed by atoms with Crippen molar-refractivity contribution >= 4 is 5.91 Å². The van der Waals surface area contributed by atoms with Gasteiger partial charge in [-0.25, -0.2) is 5.01 Å². The first-order chi connectivity index (χ1) is 7.15. The van der Waals surface area contributed by atoms with E-state index in [2.05, 4.69) is 11.9 Å². The highest BCUT2D eigenvalue weighted by molar-refractivity contribution is 5.76. The second-order valence-electron chi connectivity index (χ2n) is 4.34. The molecule has 0 aromatic heterocycles. The molecule has 2 N–H and O–H groups in total. The van der Waals surface area contributed by atoms with Crippen molar-refractivity contribution < 1.29 is 4.79 Å². The molecule has 0 bridgehead atoms. The van der Waals surface area contributed by atoms with Crippen LogP contribution in [-0.2, 0) is 4.79 Å². The van der Waals surface area contributed by atoms with Crippen LogP contribution >= 0.6 is 0 Å². The summed E-state index contributed by atoms with van der Waals surface area (Å²) in [6, 6.07) is 0.213. The highest BCUT2D eigenvalue weighted by Gasteiger charge is 2.24. The van der Waals surface area contributed by atoms with Crippen LogP contribution in [0.2, 0.25) is 0 Å². The number of hydrogen-bond acceptors (Lipinski definition) is 3. The Bertz CT molecular complexity index is 206. The van der Waals surface area contributed by atoms with Crippen molar-refractivity contribution in [3.05, 3.63) is 0 Å². The fraction of sp³-hybridized carbons (Fsp3) is 0.909. The maximum atomic E-state index is 11.7. The molecule has 1 amide bonds. The Labute approximate surface area is 92.4 Å². The van der Waals surface area contributed by atoms with Gasteiger partial charge in [-0.1, -0.05) is 6.92 Å². The van der Waals surface area contributed by atoms with E-state index >= 15 is 0 Å². The average molecular weight is 213 g/mol. The van der Waals surface area contributed by atoms with Crippen LogP contribution in [0.3, 0.4) is 0 Å². The summed E-state index contributed by atoms with van der Waals surface area (Å²) >= 11 is 0. The lowest BCUT2D eigenvalue weighted by molar-refractivity contribution is -0.155. The van der Waals surface area contributed by atoms with E-state index in [0.29, 0.717) is 6.42 Å². The third-order valence-electron chi connectivity index (χ3n) is 2.71. The van der Waals surface area contributed by atoms with E-state index in [-0.39, 0.29) is 11.9 Å². The molecular formula is C11H23N3O. The van der Waals surface area contributed by atoms with Crippen LogP contribution in [0.25, 0.3) is 0 Å². The fourth-order valence-corrected chi connectivity index (χ4v) is 1.88. The largest absolute Gasteiger partial charge is 0.328 e. The first-order valence-corrected chi connectivity index (χ1v) is 5.96. The molecule has 0 aromatic carbocycles. The minimum absolute atomic E-state index is 0.213. The summed E-state index contributed by atoms with van der Waals surface area (Å²) in [6.07, 6.45) is 3.65. The first-order valence-electron chi connectivity index (χ1n) is 5.96. The molecule has 1 heterocycles. The maximum absolute atomic E-state index is 11.7. The number of carbonyl (C=O) groups is 1. The van der Waals surface area contributed by atoms with Gasteiger partial charge in [0.25, 0.3) is 0 Å². The Hall–Kier alpha value is -0.610. The molecule has 0 spiro atoms. The van der Waals surface area contributed by atoms with Crippen LogP contribution in [0, 0.1) is 0 Å². The molecule has 1 unspecified atom stereocenters. The number of amides is 1. The molecule has 1 aliphatic rings. The predicted molar refractivity (Wildman–Crippen MR) is 61.1 cm³/mol. The zero-order chi connectivity index (χ0) is 11.3. The van der Waals surface area contributed by atoms with E-state index in [0.717, 1.165) is 38.9 Å². The van der Waals surface area contributed by atoms with Gasteiger partial charge in [0.2, 0.25) is 5.91 Å². The standard InChI is InChI=1S/C11H23N3O/c1-3-7-14-11(15)5-4-8-13(14)9-6-10(2)12/h10H,3-9,12H2,1-2H3. The average Bonchev–Trinajstić information content (AvgIpc) is 2.19. The molecule has 4 heteroatoms. The summed E-state index contributed by atoms with van der Waals surface area (Å²) in [4.78, 5) is 11.7. The third-order valence-corrected chi connectivity index (χ3v) is 2.71. The summed E-state index contributed by atoms with van der Waals surface area (Å²) in [6.45, 7) is 6.86. The van der Waals surface area contributed by atoms with Crippen LogP contribution in [0.4, 0.5) is 0 Å². The Kier molecular flexibility index (Phi) is 5.05. The Balaban J connectivity index is 2.46. The lowest BCUT2D eigenvalue weighted by Gasteiger charge is -2.38. The van der Waals surface area contributed by atoms with Crippen molar-refractivity contribution in [3.63, 3.8) is 0 Å². The molecule has 4 nitrogen and oxygen atoms in total. The summed E-state index contributed by atoms with van der Waals surface area (Å²) in [5.41, 5.74) is 5.73. The fourth-order valence-electron chi connectivity index (χ4n) is 1.88. The van der Waals surface area contributed by atoms with Crippen LogP contribution in [0.5, 0.6) is 0 Å². The van der Waals surface area contributed by atoms with Gasteiger partial charge in [0.05, 0.1) is 0 Å². The molecule has 1 atom stereocenters. The molecule has 0 radical (unpaired) electrons. The number of hydrogen-bond donors (Lipinski definition) is 1. The van der Waals surface area contributed by atoms with Gasteiger partial charge in [0.15, 0.2) is 0 Å². The van der Waals surface area contributed by atoms with Gasteiger partial charge in [-0.2, -0.15) is 0 Å². The van der Waals surface area contributed by atoms with E-state index in [1.807, 2.05) is 11.9 Å². The molecule has 0 aliphatic carbocycles. The SMILES string of the molecule is CCCN1C(=O)CCCN1CCC(C)N. The van der Waals surface area contributed by atoms with Crippen LogP contribution in [0.15, 0.2) is 0 Å². The van der Waals surface area contributed by atoms with Crippen LogP contribution in [-0.4, -0.2) is 41.6 Å². The Morgan fingerprint density at radius 2 is 2.20 bits per heavy atom. The van der Waals surface area contributed by atoms with E-state index in [9.17, 15) is 4.79 Å². The first kappa shape index (κ1) is 12.5. The van der Waals surface area contributed by atoms with Gasteiger partial charge in [0, 0.05) is 32.1 Å². The molecule has 15 heavy (non-hydrogen) atoms. The van der Waals surface area contributed by atoms with Crippen molar-refractivity contribution in [1.29, 1.82) is 0 Å². The number of hydrazine groups is 1. The Morgan fingerprint density at radius 3 is 2.80 bits per heavy atom. The summed E-state index contributed by atoms with van der Waals surface area (Å²) < 4.78 is 0. The molecule has 0 saturated carbocycles. The van der Waals surface area contributed by atoms with Crippen LogP contribution < -0.4 is 5.73 Å². The quantitative estimate of drug-likeness (QED) is 0.740. The molecule has 1 fully saturated rings. The molecule has 0 aromatic rings. The van der Waals surface area contributed by atoms with Crippen molar-refractivity contribution in [2.45, 2.75) is 45.6 Å². The summed E-state index contributed by atoms with van der Waals surface area (Å²) in [5, 5.41) is 4.07. The van der Waals surface area contributed by atoms with Gasteiger partial charge >= 0.3 is 0 Å². The number of rotatable bonds is 5. The number of nitrogens with zero attached hydrogens (tertiary/aromatic N) is 2. The molecule has 88 valence electrons. The second kappa shape index (κ2) is 6.08. The zero-order valence-corrected chi connectivity index (χ0v) is 9.91. The van der Waals surface area contributed by atoms with E-state index < -0.39 is 0 Å². The van der Waals surface area contributed by atoms with Gasteiger partial charge in [-0.3, -0.25) is 9.80 Å². The lowest BCUT2D eigenvalue weighted by atomic mass is 10.2. The van der Waals surface area contributed by atoms with Crippen LogP contribution in [0.1, 0.15) is 39.5 Å². The minimum atomic E-state index is 0.213. The van der Waals surface area contributed by atoms with Gasteiger partial charge < -0.3 is 5.73 Å². The second-order valence-corrected chi connectivity index (χ2v) is 4.34. The lowest BCUT2D eigenvalue weighted by Crippen LogP contribution is -2.51. The maximum Gasteiger partial charge on any atom is 0.236 e. The molecule has 1 aliphatic heterocycles. The summed E-state index contributed by atoms with van der Waals surface area (Å²) in [5.74, 6) is 0.271. The molecule has 1 saturated heterocycles. The predicted octanol–water partition coefficient (Wildman–Crippen LogP) is 0.973. The van der Waals surface area contributed by atoms with Gasteiger partial charge in [0.1, 0.15) is 0 Å². The monoisotopic (exact) mass is 213 g/mol. The molecule has 1 rings (SSSR count). The minimum Gasteiger partial charge on any atom is -0.328 e. The highest BCUT2D eigenvalue weighted by atomic mass is 16.2. The topological polar surface area (TPSA) is 49.6 Å². The van der Waals surface area contributed by atoms with E-state index in [1.54, 1.807) is 0 Å². The summed E-state index contributed by atoms with van der Waals surface area (Å²) in [7, 11) is 0. The van der Waals surface area contributed by atoms with E-state index in [4.69, 9.17) is 5.73 Å². The normalized spacial score (nSPS) is 20.7. The van der Waals surface area contributed by atoms with Crippen molar-refractivity contribution in [2.24, 2.45) is 5.73 Å². The zero-order valence-electron chi connectivity index (χ0n) is 9.91. The number of carbonyl (C=O) groups excluding carboxylic acids is 1. The van der Waals surface area contributed by atoms with E-state index in [1.165, 1.54) is 0 Å². The highest BCUT2D eigenvalue weighted by Crippen LogP contribution is 2.13. The van der Waals surface area contributed by atoms with Crippen molar-refractivity contribution in [1.82, 2.24) is 10.0 Å². The van der Waals surface area contributed by atoms with Gasteiger partial charge in [-0.15, -0.1) is 0 Å². The number of nitrogens with two attached hydrogens (primary N) is 1. The Morgan fingerprint density at radius 1 is 1.47 bits per heavy atom. The smallest absolute Gasteiger partial charge is 0.236 e. The third kappa shape index (κ3) is 3.80.